The number of fused-ring (bicyclic) bond motifs is 1. The molecule has 1 aromatic carbocycles. The number of carboxylic acid groups (broad SMARTS) is 1. The average Bonchev–Trinajstić information content (AvgIpc) is 2.35. The van der Waals surface area contributed by atoms with Crippen molar-refractivity contribution in [3.63, 3.8) is 0 Å². The Hall–Kier alpha value is -2.57. The fraction of sp³-hybridized carbons (Fsp3) is 0.182. The predicted octanol–water partition coefficient (Wildman–Crippen LogP) is 0.0649. The number of anilines is 2. The van der Waals surface area contributed by atoms with E-state index in [-0.39, 0.29) is 12.5 Å². The smallest absolute Gasteiger partial charge is 0.394 e. The van der Waals surface area contributed by atoms with Crippen LogP contribution in [-0.4, -0.2) is 36.5 Å². The number of nitrogens with one attached hydrogen (secondary N) is 1. The van der Waals surface area contributed by atoms with Crippen molar-refractivity contribution in [1.29, 1.82) is 0 Å². The Morgan fingerprint density at radius 1 is 1.44 bits per heavy atom. The third kappa shape index (κ3) is 2.10. The summed E-state index contributed by atoms with van der Waals surface area (Å²) in [6.07, 6.45) is 0. The van der Waals surface area contributed by atoms with Crippen LogP contribution in [0, 0.1) is 0 Å². The molecule has 0 unspecified atom stereocenters. The highest BCUT2D eigenvalue weighted by atomic mass is 16.5. The fourth-order valence-corrected chi connectivity index (χ4v) is 1.54. The summed E-state index contributed by atoms with van der Waals surface area (Å²) in [7, 11) is 1.34. The number of carbonyl (C=O) groups excluding carboxylic acids is 2. The molecule has 1 aliphatic rings. The van der Waals surface area contributed by atoms with Gasteiger partial charge in [-0.25, -0.2) is 4.79 Å². The molecule has 7 heteroatoms. The van der Waals surface area contributed by atoms with Crippen LogP contribution in [0.3, 0.4) is 0 Å². The topological polar surface area (TPSA) is 95.9 Å². The van der Waals surface area contributed by atoms with E-state index in [9.17, 15) is 14.4 Å². The maximum atomic E-state index is 11.3. The summed E-state index contributed by atoms with van der Waals surface area (Å²) in [5.41, 5.74) is 0.765. The molecule has 0 bridgehead atoms. The van der Waals surface area contributed by atoms with Crippen molar-refractivity contribution in [3.05, 3.63) is 18.2 Å². The van der Waals surface area contributed by atoms with E-state index < -0.39 is 11.9 Å². The maximum Gasteiger partial charge on any atom is 0.394 e. The van der Waals surface area contributed by atoms with Crippen molar-refractivity contribution in [2.75, 3.05) is 23.9 Å². The van der Waals surface area contributed by atoms with Gasteiger partial charge >= 0.3 is 11.9 Å². The van der Waals surface area contributed by atoms with Gasteiger partial charge in [0.1, 0.15) is 5.75 Å². The molecule has 0 saturated carbocycles. The van der Waals surface area contributed by atoms with E-state index in [0.29, 0.717) is 17.1 Å². The summed E-state index contributed by atoms with van der Waals surface area (Å²) in [5, 5.41) is 11.2. The van der Waals surface area contributed by atoms with Gasteiger partial charge in [0.05, 0.1) is 5.69 Å². The molecule has 0 aliphatic carbocycles. The predicted molar refractivity (Wildman–Crippen MR) is 61.6 cm³/mol. The summed E-state index contributed by atoms with van der Waals surface area (Å²) in [5.74, 6) is -2.42. The van der Waals surface area contributed by atoms with Gasteiger partial charge in [-0.2, -0.15) is 0 Å². The van der Waals surface area contributed by atoms with Crippen LogP contribution in [-0.2, 0) is 14.4 Å². The lowest BCUT2D eigenvalue weighted by molar-refractivity contribution is -0.148. The number of likely N-dealkylation sites (N-methyl/N-ethyl adjacent to an activating group) is 1. The van der Waals surface area contributed by atoms with Crippen LogP contribution in [0.1, 0.15) is 0 Å². The number of hydrogen-bond donors (Lipinski definition) is 2. The number of rotatable bonds is 1. The van der Waals surface area contributed by atoms with Gasteiger partial charge < -0.3 is 20.1 Å². The van der Waals surface area contributed by atoms with Crippen LogP contribution in [0.2, 0.25) is 0 Å². The Kier molecular flexibility index (Phi) is 2.88. The van der Waals surface area contributed by atoms with E-state index in [4.69, 9.17) is 9.84 Å². The fourth-order valence-electron chi connectivity index (χ4n) is 1.54. The molecule has 7 nitrogen and oxygen atoms in total. The zero-order chi connectivity index (χ0) is 13.3. The second-order valence-electron chi connectivity index (χ2n) is 3.69. The largest absolute Gasteiger partial charge is 0.482 e. The van der Waals surface area contributed by atoms with Crippen LogP contribution in [0.4, 0.5) is 11.4 Å². The molecule has 18 heavy (non-hydrogen) atoms. The number of carbonyl (C=O) groups is 3. The Labute approximate surface area is 102 Å². The van der Waals surface area contributed by atoms with Gasteiger partial charge in [0.25, 0.3) is 5.91 Å². The zero-order valence-corrected chi connectivity index (χ0v) is 9.47. The standard InChI is InChI=1S/C11H10N2O5/c1-13(10(15)11(16)17)6-2-3-8-7(4-6)12-9(14)5-18-8/h2-4H,5H2,1H3,(H,12,14)(H,16,17). The first-order chi connectivity index (χ1) is 8.49. The van der Waals surface area contributed by atoms with Gasteiger partial charge in [0, 0.05) is 12.7 Å². The molecular formula is C11H10N2O5. The van der Waals surface area contributed by atoms with E-state index >= 15 is 0 Å². The number of ether oxygens (including phenoxy) is 1. The minimum absolute atomic E-state index is 0.0593. The first-order valence-electron chi connectivity index (χ1n) is 5.06. The summed E-state index contributed by atoms with van der Waals surface area (Å²) in [4.78, 5) is 34.0. The summed E-state index contributed by atoms with van der Waals surface area (Å²) >= 11 is 0. The van der Waals surface area contributed by atoms with Crippen LogP contribution in [0.25, 0.3) is 0 Å². The lowest BCUT2D eigenvalue weighted by atomic mass is 10.2. The lowest BCUT2D eigenvalue weighted by Crippen LogP contribution is -2.33. The normalized spacial score (nSPS) is 13.1. The third-order valence-corrected chi connectivity index (χ3v) is 2.47. The number of hydrogen-bond acceptors (Lipinski definition) is 4. The molecule has 2 N–H and O–H groups in total. The van der Waals surface area contributed by atoms with E-state index in [0.717, 1.165) is 4.90 Å². The van der Waals surface area contributed by atoms with Gasteiger partial charge in [-0.15, -0.1) is 0 Å². The number of aliphatic carboxylic acids is 1. The SMILES string of the molecule is CN(C(=O)C(=O)O)c1ccc2c(c1)NC(=O)CO2. The second kappa shape index (κ2) is 4.36. The minimum Gasteiger partial charge on any atom is -0.482 e. The van der Waals surface area contributed by atoms with Crippen molar-refractivity contribution in [2.24, 2.45) is 0 Å². The Bertz CT molecular complexity index is 540. The van der Waals surface area contributed by atoms with E-state index in [1.54, 1.807) is 6.07 Å². The number of amides is 2. The molecule has 2 rings (SSSR count). The monoisotopic (exact) mass is 250 g/mol. The van der Waals surface area contributed by atoms with Crippen molar-refractivity contribution >= 4 is 29.2 Å². The molecule has 94 valence electrons. The van der Waals surface area contributed by atoms with Crippen LogP contribution in [0.5, 0.6) is 5.75 Å². The number of benzene rings is 1. The average molecular weight is 250 g/mol. The molecule has 1 aromatic rings. The van der Waals surface area contributed by atoms with Crippen LogP contribution in [0.15, 0.2) is 18.2 Å². The first-order valence-corrected chi connectivity index (χ1v) is 5.06. The lowest BCUT2D eigenvalue weighted by Gasteiger charge is -2.21. The zero-order valence-electron chi connectivity index (χ0n) is 9.47. The van der Waals surface area contributed by atoms with Crippen molar-refractivity contribution < 1.29 is 24.2 Å². The van der Waals surface area contributed by atoms with Gasteiger partial charge in [-0.3, -0.25) is 9.59 Å². The molecule has 1 aliphatic heterocycles. The molecule has 0 spiro atoms. The summed E-state index contributed by atoms with van der Waals surface area (Å²) < 4.78 is 5.15. The van der Waals surface area contributed by atoms with Crippen LogP contribution >= 0.6 is 0 Å². The second-order valence-corrected chi connectivity index (χ2v) is 3.69. The van der Waals surface area contributed by atoms with E-state index in [1.165, 1.54) is 19.2 Å². The molecule has 0 aromatic heterocycles. The molecule has 0 fully saturated rings. The Morgan fingerprint density at radius 3 is 2.83 bits per heavy atom. The van der Waals surface area contributed by atoms with Gasteiger partial charge in [-0.05, 0) is 18.2 Å². The maximum absolute atomic E-state index is 11.3. The third-order valence-electron chi connectivity index (χ3n) is 2.47. The highest BCUT2D eigenvalue weighted by Crippen LogP contribution is 2.31. The van der Waals surface area contributed by atoms with Gasteiger partial charge in [0.15, 0.2) is 6.61 Å². The molecule has 2 amide bonds. The molecular weight excluding hydrogens is 240 g/mol. The van der Waals surface area contributed by atoms with Crippen molar-refractivity contribution in [2.45, 2.75) is 0 Å². The van der Waals surface area contributed by atoms with Crippen molar-refractivity contribution in [3.8, 4) is 5.75 Å². The Balaban J connectivity index is 2.31. The highest BCUT2D eigenvalue weighted by Gasteiger charge is 2.21. The number of carboxylic acids is 1. The van der Waals surface area contributed by atoms with Crippen LogP contribution < -0.4 is 15.0 Å². The van der Waals surface area contributed by atoms with E-state index in [1.807, 2.05) is 0 Å². The highest BCUT2D eigenvalue weighted by molar-refractivity contribution is 6.37. The molecule has 0 saturated heterocycles. The molecule has 1 heterocycles. The minimum atomic E-state index is -1.55. The summed E-state index contributed by atoms with van der Waals surface area (Å²) in [6.45, 7) is -0.0593. The van der Waals surface area contributed by atoms with E-state index in [2.05, 4.69) is 5.32 Å². The van der Waals surface area contributed by atoms with Gasteiger partial charge in [-0.1, -0.05) is 0 Å². The number of nitrogens with zero attached hydrogens (tertiary/aromatic N) is 1. The van der Waals surface area contributed by atoms with Gasteiger partial charge in [0.2, 0.25) is 0 Å². The Morgan fingerprint density at radius 2 is 2.17 bits per heavy atom. The van der Waals surface area contributed by atoms with Crippen molar-refractivity contribution in [1.82, 2.24) is 0 Å². The summed E-state index contributed by atoms with van der Waals surface area (Å²) in [6, 6.07) is 4.58. The molecule has 0 atom stereocenters. The molecule has 0 radical (unpaired) electrons. The first kappa shape index (κ1) is 11.9. The quantitative estimate of drug-likeness (QED) is 0.687.